The van der Waals surface area contributed by atoms with Crippen LogP contribution in [0.25, 0.3) is 0 Å². The van der Waals surface area contributed by atoms with Crippen molar-refractivity contribution < 1.29 is 13.9 Å². The molecule has 0 aliphatic carbocycles. The number of carbonyl (C=O) groups is 1. The van der Waals surface area contributed by atoms with Gasteiger partial charge in [0.15, 0.2) is 18.2 Å². The van der Waals surface area contributed by atoms with E-state index in [0.29, 0.717) is 18.9 Å². The third-order valence-electron chi connectivity index (χ3n) is 4.83. The number of hydrogen-bond donors (Lipinski definition) is 0. The van der Waals surface area contributed by atoms with Crippen molar-refractivity contribution in [3.63, 3.8) is 0 Å². The maximum absolute atomic E-state index is 13.6. The molecule has 0 spiro atoms. The van der Waals surface area contributed by atoms with Gasteiger partial charge in [0, 0.05) is 32.1 Å². The summed E-state index contributed by atoms with van der Waals surface area (Å²) in [4.78, 5) is 26.5. The Morgan fingerprint density at radius 3 is 2.81 bits per heavy atom. The molecule has 0 saturated carbocycles. The largest absolute Gasteiger partial charge is 0.481 e. The third kappa shape index (κ3) is 4.04. The Morgan fingerprint density at radius 1 is 1.37 bits per heavy atom. The monoisotopic (exact) mass is 376 g/mol. The highest BCUT2D eigenvalue weighted by Crippen LogP contribution is 2.26. The van der Waals surface area contributed by atoms with Gasteiger partial charge in [0.05, 0.1) is 0 Å². The van der Waals surface area contributed by atoms with Crippen molar-refractivity contribution in [2.45, 2.75) is 38.6 Å². The van der Waals surface area contributed by atoms with Crippen LogP contribution in [-0.2, 0) is 11.8 Å². The number of rotatable bonds is 5. The zero-order valence-corrected chi connectivity index (χ0v) is 15.9. The van der Waals surface area contributed by atoms with Crippen LogP contribution in [0, 0.1) is 5.82 Å². The zero-order chi connectivity index (χ0) is 19.6. The minimum absolute atomic E-state index is 0.00309. The predicted octanol–water partition coefficient (Wildman–Crippen LogP) is 2.09. The molecule has 1 saturated heterocycles. The SMILES string of the molecule is CC(C)n1c(C2CCCN(C(=O)COc3ccccc3F)C2)nn(C)c1=O. The average Bonchev–Trinajstić information content (AvgIpc) is 2.96. The molecule has 1 atom stereocenters. The topological polar surface area (TPSA) is 69.4 Å². The smallest absolute Gasteiger partial charge is 0.345 e. The fraction of sp³-hybridized carbons (Fsp3) is 0.526. The quantitative estimate of drug-likeness (QED) is 0.801. The van der Waals surface area contributed by atoms with E-state index in [1.165, 1.54) is 16.8 Å². The molecule has 1 fully saturated rings. The van der Waals surface area contributed by atoms with Gasteiger partial charge >= 0.3 is 5.69 Å². The van der Waals surface area contributed by atoms with E-state index < -0.39 is 5.82 Å². The lowest BCUT2D eigenvalue weighted by Gasteiger charge is -2.32. The maximum Gasteiger partial charge on any atom is 0.345 e. The van der Waals surface area contributed by atoms with E-state index in [2.05, 4.69) is 5.10 Å². The first-order chi connectivity index (χ1) is 12.9. The summed E-state index contributed by atoms with van der Waals surface area (Å²) in [6, 6.07) is 6.02. The van der Waals surface area contributed by atoms with E-state index in [1.807, 2.05) is 13.8 Å². The molecule has 1 aliphatic heterocycles. The first kappa shape index (κ1) is 19.1. The first-order valence-electron chi connectivity index (χ1n) is 9.19. The molecule has 7 nitrogen and oxygen atoms in total. The van der Waals surface area contributed by atoms with Crippen molar-refractivity contribution in [2.75, 3.05) is 19.7 Å². The number of benzene rings is 1. The number of para-hydroxylation sites is 1. The molecular weight excluding hydrogens is 351 g/mol. The summed E-state index contributed by atoms with van der Waals surface area (Å²) in [5.74, 6) is 0.0869. The Balaban J connectivity index is 1.69. The van der Waals surface area contributed by atoms with E-state index in [9.17, 15) is 14.0 Å². The number of amides is 1. The van der Waals surface area contributed by atoms with Crippen LogP contribution >= 0.6 is 0 Å². The summed E-state index contributed by atoms with van der Waals surface area (Å²) < 4.78 is 22.0. The highest BCUT2D eigenvalue weighted by Gasteiger charge is 2.30. The van der Waals surface area contributed by atoms with Crippen LogP contribution in [0.1, 0.15) is 44.5 Å². The second kappa shape index (κ2) is 7.94. The highest BCUT2D eigenvalue weighted by molar-refractivity contribution is 5.78. The van der Waals surface area contributed by atoms with Gasteiger partial charge in [-0.15, -0.1) is 0 Å². The van der Waals surface area contributed by atoms with Crippen molar-refractivity contribution in [3.05, 3.63) is 46.4 Å². The van der Waals surface area contributed by atoms with Crippen LogP contribution < -0.4 is 10.4 Å². The lowest BCUT2D eigenvalue weighted by molar-refractivity contribution is -0.134. The number of aromatic nitrogens is 3. The van der Waals surface area contributed by atoms with E-state index in [0.717, 1.165) is 12.8 Å². The number of halogens is 1. The molecule has 1 aromatic carbocycles. The van der Waals surface area contributed by atoms with Gasteiger partial charge in [0.2, 0.25) is 0 Å². The van der Waals surface area contributed by atoms with Crippen LogP contribution in [0.3, 0.4) is 0 Å². The molecule has 1 aromatic heterocycles. The average molecular weight is 376 g/mol. The predicted molar refractivity (Wildman–Crippen MR) is 98.3 cm³/mol. The summed E-state index contributed by atoms with van der Waals surface area (Å²) in [6.07, 6.45) is 1.68. The number of hydrogen-bond acceptors (Lipinski definition) is 4. The van der Waals surface area contributed by atoms with Crippen molar-refractivity contribution in [3.8, 4) is 5.75 Å². The van der Waals surface area contributed by atoms with Crippen molar-refractivity contribution >= 4 is 5.91 Å². The fourth-order valence-electron chi connectivity index (χ4n) is 3.47. The molecule has 0 N–H and O–H groups in total. The van der Waals surface area contributed by atoms with Gasteiger partial charge < -0.3 is 9.64 Å². The summed E-state index contributed by atoms with van der Waals surface area (Å²) in [5, 5.41) is 4.40. The molecule has 27 heavy (non-hydrogen) atoms. The van der Waals surface area contributed by atoms with Crippen LogP contribution in [0.2, 0.25) is 0 Å². The van der Waals surface area contributed by atoms with Crippen molar-refractivity contribution in [2.24, 2.45) is 7.05 Å². The van der Waals surface area contributed by atoms with Gasteiger partial charge in [-0.1, -0.05) is 12.1 Å². The lowest BCUT2D eigenvalue weighted by Crippen LogP contribution is -2.42. The van der Waals surface area contributed by atoms with E-state index in [1.54, 1.807) is 28.6 Å². The van der Waals surface area contributed by atoms with Gasteiger partial charge in [-0.2, -0.15) is 5.10 Å². The number of aryl methyl sites for hydroxylation is 1. The molecule has 3 rings (SSSR count). The van der Waals surface area contributed by atoms with Gasteiger partial charge in [-0.25, -0.2) is 13.9 Å². The Hall–Kier alpha value is -2.64. The standard InChI is InChI=1S/C19H25FN4O3/c1-13(2)24-18(21-22(3)19(24)26)14-7-6-10-23(11-14)17(25)12-27-16-9-5-4-8-15(16)20/h4-5,8-9,13-14H,6-7,10-12H2,1-3H3. The Kier molecular flexibility index (Phi) is 5.62. The maximum atomic E-state index is 13.6. The van der Waals surface area contributed by atoms with Crippen LogP contribution in [-0.4, -0.2) is 44.9 Å². The highest BCUT2D eigenvalue weighted by atomic mass is 19.1. The van der Waals surface area contributed by atoms with Crippen molar-refractivity contribution in [1.82, 2.24) is 19.2 Å². The molecule has 1 amide bonds. The normalized spacial score (nSPS) is 17.4. The fourth-order valence-corrected chi connectivity index (χ4v) is 3.47. The molecule has 0 bridgehead atoms. The third-order valence-corrected chi connectivity index (χ3v) is 4.83. The molecule has 2 heterocycles. The van der Waals surface area contributed by atoms with Gasteiger partial charge in [-0.3, -0.25) is 9.36 Å². The molecule has 1 aliphatic rings. The molecular formula is C19H25FN4O3. The summed E-state index contributed by atoms with van der Waals surface area (Å²) in [7, 11) is 1.64. The van der Waals surface area contributed by atoms with Gasteiger partial charge in [0.1, 0.15) is 5.82 Å². The van der Waals surface area contributed by atoms with Crippen LogP contribution in [0.15, 0.2) is 29.1 Å². The number of ether oxygens (including phenoxy) is 1. The van der Waals surface area contributed by atoms with E-state index >= 15 is 0 Å². The van der Waals surface area contributed by atoms with E-state index in [-0.39, 0.29) is 35.9 Å². The van der Waals surface area contributed by atoms with Gasteiger partial charge in [-0.05, 0) is 38.8 Å². The minimum atomic E-state index is -0.490. The van der Waals surface area contributed by atoms with Gasteiger partial charge in [0.25, 0.3) is 5.91 Å². The number of piperidine rings is 1. The Bertz CT molecular complexity index is 874. The number of carbonyl (C=O) groups excluding carboxylic acids is 1. The molecule has 146 valence electrons. The summed E-state index contributed by atoms with van der Waals surface area (Å²) in [5.41, 5.74) is -0.147. The molecule has 1 unspecified atom stereocenters. The lowest BCUT2D eigenvalue weighted by atomic mass is 9.97. The van der Waals surface area contributed by atoms with Crippen molar-refractivity contribution in [1.29, 1.82) is 0 Å². The first-order valence-corrected chi connectivity index (χ1v) is 9.19. The zero-order valence-electron chi connectivity index (χ0n) is 15.9. The van der Waals surface area contributed by atoms with E-state index in [4.69, 9.17) is 4.74 Å². The molecule has 0 radical (unpaired) electrons. The Labute approximate surface area is 157 Å². The minimum Gasteiger partial charge on any atom is -0.481 e. The Morgan fingerprint density at radius 2 is 2.11 bits per heavy atom. The van der Waals surface area contributed by atoms with Crippen LogP contribution in [0.5, 0.6) is 5.75 Å². The molecule has 2 aromatic rings. The summed E-state index contributed by atoms with van der Waals surface area (Å²) >= 11 is 0. The second-order valence-corrected chi connectivity index (χ2v) is 7.13. The molecule has 8 heteroatoms. The second-order valence-electron chi connectivity index (χ2n) is 7.13. The number of nitrogens with zero attached hydrogens (tertiary/aromatic N) is 4. The number of likely N-dealkylation sites (tertiary alicyclic amines) is 1. The van der Waals surface area contributed by atoms with Crippen LogP contribution in [0.4, 0.5) is 4.39 Å². The summed E-state index contributed by atoms with van der Waals surface area (Å²) in [6.45, 7) is 4.77.